The molecule has 0 bridgehead atoms. The summed E-state index contributed by atoms with van der Waals surface area (Å²) >= 11 is -0.0410. The fourth-order valence-electron chi connectivity index (χ4n) is 4.45. The van der Waals surface area contributed by atoms with E-state index in [1.165, 1.54) is 31.8 Å². The molecule has 0 aliphatic heterocycles. The van der Waals surface area contributed by atoms with Crippen LogP contribution in [0.5, 0.6) is 0 Å². The summed E-state index contributed by atoms with van der Waals surface area (Å²) in [6.07, 6.45) is 10.9. The van der Waals surface area contributed by atoms with E-state index in [9.17, 15) is 22.7 Å². The van der Waals surface area contributed by atoms with Gasteiger partial charge in [-0.25, -0.2) is 4.39 Å². The highest BCUT2D eigenvalue weighted by molar-refractivity contribution is 7.93. The molecule has 202 valence electrons. The van der Waals surface area contributed by atoms with E-state index in [1.807, 2.05) is 0 Å². The zero-order valence-corrected chi connectivity index (χ0v) is 22.3. The summed E-state index contributed by atoms with van der Waals surface area (Å²) in [4.78, 5) is 42.6. The molecule has 0 atom stereocenters. The third kappa shape index (κ3) is 6.32. The second kappa shape index (κ2) is 12.4. The summed E-state index contributed by atoms with van der Waals surface area (Å²) in [7, 11) is 3.32. The Hall–Kier alpha value is -3.47. The number of pyridine rings is 2. The van der Waals surface area contributed by atoms with Crippen molar-refractivity contribution in [3.8, 4) is 0 Å². The topological polar surface area (TPSA) is 89.2 Å². The highest BCUT2D eigenvalue weighted by Crippen LogP contribution is 2.35. The molecule has 2 amide bonds. The van der Waals surface area contributed by atoms with Crippen LogP contribution in [-0.4, -0.2) is 44.3 Å². The smallest absolute Gasteiger partial charge is 0.274 e. The Morgan fingerprint density at radius 1 is 1.32 bits per heavy atom. The van der Waals surface area contributed by atoms with Crippen LogP contribution in [0.3, 0.4) is 0 Å². The molecule has 1 aliphatic rings. The van der Waals surface area contributed by atoms with E-state index in [4.69, 9.17) is 0 Å². The largest absolute Gasteiger partial charge is 0.345 e. The number of anilines is 1. The standard InChI is InChI=1S/C27H31F2N5O3S/c1-32(2)25(36)12-5-3-4-11-24(35)31-22-10-7-13-33(27(22)37)17-19-15-23-26(34(19)38-29)20(21(28)16-30-23)14-18-8-6-9-18/h5,7,10,12-13,15-16,18H,3-4,6,8-9,11,14,17H2,1-2H3,(H,31,35)/b12-5+. The van der Waals surface area contributed by atoms with Gasteiger partial charge < -0.3 is 14.8 Å². The Bertz CT molecular complexity index is 1410. The van der Waals surface area contributed by atoms with Gasteiger partial charge in [-0.1, -0.05) is 25.3 Å². The minimum atomic E-state index is -0.453. The highest BCUT2D eigenvalue weighted by atomic mass is 32.2. The van der Waals surface area contributed by atoms with Crippen molar-refractivity contribution >= 4 is 40.9 Å². The predicted molar refractivity (Wildman–Crippen MR) is 145 cm³/mol. The maximum atomic E-state index is 14.7. The Labute approximate surface area is 224 Å². The van der Waals surface area contributed by atoms with Crippen LogP contribution in [-0.2, 0) is 22.6 Å². The van der Waals surface area contributed by atoms with Crippen molar-refractivity contribution in [2.75, 3.05) is 19.4 Å². The first kappa shape index (κ1) is 27.6. The summed E-state index contributed by atoms with van der Waals surface area (Å²) in [6.45, 7) is 0.0189. The molecule has 0 spiro atoms. The molecule has 0 saturated heterocycles. The van der Waals surface area contributed by atoms with Gasteiger partial charge >= 0.3 is 0 Å². The van der Waals surface area contributed by atoms with Crippen molar-refractivity contribution in [2.45, 2.75) is 51.5 Å². The van der Waals surface area contributed by atoms with Crippen molar-refractivity contribution in [1.29, 1.82) is 0 Å². The minimum Gasteiger partial charge on any atom is -0.345 e. The van der Waals surface area contributed by atoms with Gasteiger partial charge in [0.05, 0.1) is 29.5 Å². The molecular formula is C27H31F2N5O3S. The molecule has 1 N–H and O–H groups in total. The molecule has 3 aromatic heterocycles. The van der Waals surface area contributed by atoms with Crippen molar-refractivity contribution in [3.63, 3.8) is 0 Å². The van der Waals surface area contributed by atoms with Gasteiger partial charge in [-0.2, -0.15) is 0 Å². The normalized spacial score (nSPS) is 13.7. The van der Waals surface area contributed by atoms with Crippen LogP contribution in [0.2, 0.25) is 0 Å². The van der Waals surface area contributed by atoms with E-state index in [0.717, 1.165) is 19.3 Å². The SMILES string of the molecule is CN(C)C(=O)/C=C/CCCC(=O)Nc1cccn(Cc2cc3ncc(F)c(CC4CCC4)c3n2SF)c1=O. The number of rotatable bonds is 11. The maximum Gasteiger partial charge on any atom is 0.274 e. The van der Waals surface area contributed by atoms with E-state index in [2.05, 4.69) is 10.3 Å². The minimum absolute atomic E-state index is 0.0189. The first-order valence-corrected chi connectivity index (χ1v) is 13.3. The number of halogens is 2. The van der Waals surface area contributed by atoms with Crippen LogP contribution < -0.4 is 10.9 Å². The average molecular weight is 544 g/mol. The molecule has 0 aromatic carbocycles. The number of fused-ring (bicyclic) bond motifs is 1. The number of nitrogens with one attached hydrogen (secondary N) is 1. The maximum absolute atomic E-state index is 14.7. The lowest BCUT2D eigenvalue weighted by atomic mass is 9.81. The van der Waals surface area contributed by atoms with Crippen molar-refractivity contribution in [2.24, 2.45) is 5.92 Å². The fourth-order valence-corrected chi connectivity index (χ4v) is 4.92. The number of allylic oxidation sites excluding steroid dienone is 1. The molecule has 0 unspecified atom stereocenters. The molecule has 8 nitrogen and oxygen atoms in total. The number of nitrogens with zero attached hydrogens (tertiary/aromatic N) is 4. The fraction of sp³-hybridized carbons (Fsp3) is 0.407. The average Bonchev–Trinajstić information content (AvgIpc) is 3.21. The van der Waals surface area contributed by atoms with Crippen molar-refractivity contribution in [1.82, 2.24) is 18.4 Å². The monoisotopic (exact) mass is 543 g/mol. The number of aromatic nitrogens is 3. The van der Waals surface area contributed by atoms with E-state index in [1.54, 1.807) is 38.5 Å². The van der Waals surface area contributed by atoms with Crippen LogP contribution in [0.25, 0.3) is 11.0 Å². The summed E-state index contributed by atoms with van der Waals surface area (Å²) in [6, 6.07) is 4.81. The lowest BCUT2D eigenvalue weighted by Gasteiger charge is -2.25. The van der Waals surface area contributed by atoms with E-state index >= 15 is 0 Å². The molecule has 3 aromatic rings. The Balaban J connectivity index is 1.47. The molecule has 1 fully saturated rings. The first-order chi connectivity index (χ1) is 18.3. The van der Waals surface area contributed by atoms with Crippen LogP contribution in [0.15, 0.2) is 47.5 Å². The second-order valence-electron chi connectivity index (χ2n) is 9.75. The predicted octanol–water partition coefficient (Wildman–Crippen LogP) is 4.86. The van der Waals surface area contributed by atoms with E-state index < -0.39 is 11.4 Å². The van der Waals surface area contributed by atoms with E-state index in [0.29, 0.717) is 47.5 Å². The lowest BCUT2D eigenvalue weighted by Crippen LogP contribution is -2.26. The Morgan fingerprint density at radius 2 is 2.11 bits per heavy atom. The third-order valence-electron chi connectivity index (χ3n) is 6.79. The van der Waals surface area contributed by atoms with Gasteiger partial charge in [-0.15, -0.1) is 3.89 Å². The molecule has 11 heteroatoms. The Morgan fingerprint density at radius 3 is 2.79 bits per heavy atom. The number of amides is 2. The number of carbonyl (C=O) groups excluding carboxylic acids is 2. The van der Waals surface area contributed by atoms with Gasteiger partial charge in [0.15, 0.2) is 12.3 Å². The molecular weight excluding hydrogens is 512 g/mol. The van der Waals surface area contributed by atoms with Gasteiger partial charge in [-0.3, -0.25) is 23.3 Å². The molecule has 3 heterocycles. The van der Waals surface area contributed by atoms with Crippen molar-refractivity contribution in [3.05, 3.63) is 70.2 Å². The molecule has 1 aliphatic carbocycles. The second-order valence-corrected chi connectivity index (χ2v) is 10.3. The van der Waals surface area contributed by atoms with Crippen LogP contribution in [0, 0.1) is 11.7 Å². The molecule has 38 heavy (non-hydrogen) atoms. The summed E-state index contributed by atoms with van der Waals surface area (Å²) in [5, 5.41) is 2.64. The summed E-state index contributed by atoms with van der Waals surface area (Å²) in [5.74, 6) is -0.516. The quantitative estimate of drug-likeness (QED) is 0.276. The van der Waals surface area contributed by atoms with E-state index in [-0.39, 0.29) is 42.8 Å². The van der Waals surface area contributed by atoms with Crippen molar-refractivity contribution < 1.29 is 17.9 Å². The number of carbonyl (C=O) groups is 2. The van der Waals surface area contributed by atoms with Crippen LogP contribution in [0.1, 0.15) is 49.8 Å². The van der Waals surface area contributed by atoms with Crippen LogP contribution >= 0.6 is 12.3 Å². The van der Waals surface area contributed by atoms with Gasteiger partial charge in [0.1, 0.15) is 11.5 Å². The molecule has 1 saturated carbocycles. The third-order valence-corrected chi connectivity index (χ3v) is 7.35. The number of hydrogen-bond donors (Lipinski definition) is 1. The molecule has 4 rings (SSSR count). The lowest BCUT2D eigenvalue weighted by molar-refractivity contribution is -0.123. The molecule has 0 radical (unpaired) electrons. The summed E-state index contributed by atoms with van der Waals surface area (Å²) < 4.78 is 31.5. The number of hydrogen-bond acceptors (Lipinski definition) is 5. The van der Waals surface area contributed by atoms with Gasteiger partial charge in [0.25, 0.3) is 5.56 Å². The first-order valence-electron chi connectivity index (χ1n) is 12.6. The zero-order chi connectivity index (χ0) is 27.2. The van der Waals surface area contributed by atoms with Gasteiger partial charge in [0, 0.05) is 32.3 Å². The highest BCUT2D eigenvalue weighted by Gasteiger charge is 2.24. The number of unbranched alkanes of at least 4 members (excludes halogenated alkanes) is 1. The Kier molecular flexibility index (Phi) is 8.98. The van der Waals surface area contributed by atoms with Gasteiger partial charge in [0.2, 0.25) is 11.8 Å². The zero-order valence-electron chi connectivity index (χ0n) is 21.5. The summed E-state index contributed by atoms with van der Waals surface area (Å²) in [5.41, 5.74) is 1.45. The number of likely N-dealkylation sites (N-methyl/N-ethyl adjacent to an activating group) is 1. The van der Waals surface area contributed by atoms with Gasteiger partial charge in [-0.05, 0) is 49.5 Å². The van der Waals surface area contributed by atoms with Crippen LogP contribution in [0.4, 0.5) is 14.0 Å².